The van der Waals surface area contributed by atoms with Gasteiger partial charge in [-0.2, -0.15) is 5.10 Å². The van der Waals surface area contributed by atoms with Crippen LogP contribution in [-0.2, 0) is 0 Å². The van der Waals surface area contributed by atoms with Crippen LogP contribution < -0.4 is 5.32 Å². The molecule has 0 saturated carbocycles. The molecule has 3 heterocycles. The fourth-order valence-electron chi connectivity index (χ4n) is 3.97. The van der Waals surface area contributed by atoms with Crippen molar-refractivity contribution in [1.82, 2.24) is 19.9 Å². The van der Waals surface area contributed by atoms with Gasteiger partial charge in [0.15, 0.2) is 0 Å². The number of fused-ring (bicyclic) bond motifs is 1. The van der Waals surface area contributed by atoms with Crippen LogP contribution in [0.4, 0.5) is 5.69 Å². The van der Waals surface area contributed by atoms with Gasteiger partial charge < -0.3 is 9.84 Å². The minimum atomic E-state index is -0.263. The number of anilines is 1. The number of nitrogens with one attached hydrogen (secondary N) is 1. The van der Waals surface area contributed by atoms with Crippen molar-refractivity contribution >= 4 is 22.7 Å². The summed E-state index contributed by atoms with van der Waals surface area (Å²) in [4.78, 5) is 18.1. The number of benzene rings is 2. The highest BCUT2D eigenvalue weighted by atomic mass is 16.5. The predicted molar refractivity (Wildman–Crippen MR) is 128 cm³/mol. The Balaban J connectivity index is 1.57. The first-order chi connectivity index (χ1) is 15.9. The van der Waals surface area contributed by atoms with E-state index in [0.717, 1.165) is 28.2 Å². The molecule has 5 aromatic rings. The van der Waals surface area contributed by atoms with Crippen LogP contribution in [0.1, 0.15) is 33.0 Å². The topological polar surface area (TPSA) is 85.8 Å². The van der Waals surface area contributed by atoms with E-state index in [9.17, 15) is 4.79 Å². The molecule has 0 fully saturated rings. The van der Waals surface area contributed by atoms with E-state index in [-0.39, 0.29) is 5.91 Å². The zero-order valence-electron chi connectivity index (χ0n) is 18.9. The van der Waals surface area contributed by atoms with Gasteiger partial charge in [-0.3, -0.25) is 4.79 Å². The second-order valence-electron chi connectivity index (χ2n) is 8.12. The number of carbonyl (C=O) groups excluding carboxylic acids is 1. The summed E-state index contributed by atoms with van der Waals surface area (Å²) in [5, 5.41) is 12.3. The van der Waals surface area contributed by atoms with Crippen LogP contribution in [0.3, 0.4) is 0 Å². The summed E-state index contributed by atoms with van der Waals surface area (Å²) in [5.41, 5.74) is 7.30. The predicted octanol–water partition coefficient (Wildman–Crippen LogP) is 5.56. The quantitative estimate of drug-likeness (QED) is 0.398. The third-order valence-electron chi connectivity index (χ3n) is 5.74. The normalized spacial score (nSPS) is 11.2. The zero-order chi connectivity index (χ0) is 23.1. The highest BCUT2D eigenvalue weighted by molar-refractivity contribution is 6.13. The van der Waals surface area contributed by atoms with Gasteiger partial charge in [0, 0.05) is 5.56 Å². The molecule has 0 atom stereocenters. The number of carbonyl (C=O) groups is 1. The lowest BCUT2D eigenvalue weighted by atomic mass is 10.0. The SMILES string of the molecule is Cc1ccc(-c2cc(C(=O)Nc3c(C)nn(-c4ccccc4)c3C)c3c(C)noc3n2)cc1. The van der Waals surface area contributed by atoms with Gasteiger partial charge in [-0.15, -0.1) is 0 Å². The molecule has 1 N–H and O–H groups in total. The lowest BCUT2D eigenvalue weighted by molar-refractivity contribution is 0.102. The van der Waals surface area contributed by atoms with Gasteiger partial charge in [0.1, 0.15) is 0 Å². The standard InChI is InChI=1S/C26H23N5O2/c1-15-10-12-19(13-11-15)22-14-21(23-16(2)30-33-26(23)27-22)25(32)28-24-17(3)29-31(18(24)4)20-8-6-5-7-9-20/h5-14H,1-4H3,(H,28,32). The maximum Gasteiger partial charge on any atom is 0.259 e. The summed E-state index contributed by atoms with van der Waals surface area (Å²) in [6.45, 7) is 7.65. The van der Waals surface area contributed by atoms with Crippen LogP contribution in [0.5, 0.6) is 0 Å². The minimum Gasteiger partial charge on any atom is -0.335 e. The first-order valence-electron chi connectivity index (χ1n) is 10.7. The maximum atomic E-state index is 13.5. The summed E-state index contributed by atoms with van der Waals surface area (Å²) < 4.78 is 7.26. The minimum absolute atomic E-state index is 0.263. The number of rotatable bonds is 4. The third kappa shape index (κ3) is 3.67. The van der Waals surface area contributed by atoms with Gasteiger partial charge in [-0.05, 0) is 45.9 Å². The van der Waals surface area contributed by atoms with Gasteiger partial charge in [0.05, 0.1) is 45.1 Å². The van der Waals surface area contributed by atoms with Crippen molar-refractivity contribution in [3.8, 4) is 16.9 Å². The molecule has 0 saturated heterocycles. The molecule has 33 heavy (non-hydrogen) atoms. The molecule has 7 heteroatoms. The van der Waals surface area contributed by atoms with E-state index >= 15 is 0 Å². The molecule has 7 nitrogen and oxygen atoms in total. The Bertz CT molecular complexity index is 1480. The fourth-order valence-corrected chi connectivity index (χ4v) is 3.97. The van der Waals surface area contributed by atoms with E-state index < -0.39 is 0 Å². The Labute approximate surface area is 191 Å². The Hall–Kier alpha value is -4.26. The molecule has 0 bridgehead atoms. The summed E-state index contributed by atoms with van der Waals surface area (Å²) in [6.07, 6.45) is 0. The van der Waals surface area contributed by atoms with E-state index in [4.69, 9.17) is 4.52 Å². The number of hydrogen-bond donors (Lipinski definition) is 1. The molecule has 164 valence electrons. The van der Waals surface area contributed by atoms with Crippen molar-refractivity contribution in [2.45, 2.75) is 27.7 Å². The zero-order valence-corrected chi connectivity index (χ0v) is 18.9. The summed E-state index contributed by atoms with van der Waals surface area (Å²) in [6, 6.07) is 19.6. The Morgan fingerprint density at radius 1 is 0.939 bits per heavy atom. The second kappa shape index (κ2) is 8.02. The average molecular weight is 438 g/mol. The van der Waals surface area contributed by atoms with E-state index in [1.807, 2.05) is 80.1 Å². The van der Waals surface area contributed by atoms with Crippen LogP contribution in [0.25, 0.3) is 28.0 Å². The fraction of sp³-hybridized carbons (Fsp3) is 0.154. The van der Waals surface area contributed by atoms with Crippen molar-refractivity contribution in [2.75, 3.05) is 5.32 Å². The first kappa shape index (κ1) is 20.6. The van der Waals surface area contributed by atoms with Gasteiger partial charge in [-0.1, -0.05) is 53.2 Å². The number of hydrogen-bond acceptors (Lipinski definition) is 5. The van der Waals surface area contributed by atoms with Crippen molar-refractivity contribution < 1.29 is 9.32 Å². The lowest BCUT2D eigenvalue weighted by Gasteiger charge is -2.09. The van der Waals surface area contributed by atoms with Gasteiger partial charge in [-0.25, -0.2) is 9.67 Å². The van der Waals surface area contributed by atoms with Crippen LogP contribution in [0.2, 0.25) is 0 Å². The summed E-state index contributed by atoms with van der Waals surface area (Å²) in [5.74, 6) is -0.263. The Morgan fingerprint density at radius 2 is 1.67 bits per heavy atom. The number of pyridine rings is 1. The highest BCUT2D eigenvalue weighted by Crippen LogP contribution is 2.29. The molecule has 0 spiro atoms. The van der Waals surface area contributed by atoms with Crippen LogP contribution in [0.15, 0.2) is 65.2 Å². The Morgan fingerprint density at radius 3 is 2.39 bits per heavy atom. The molecule has 2 aromatic carbocycles. The van der Waals surface area contributed by atoms with Crippen LogP contribution >= 0.6 is 0 Å². The molecule has 0 radical (unpaired) electrons. The largest absolute Gasteiger partial charge is 0.335 e. The molecule has 1 amide bonds. The summed E-state index contributed by atoms with van der Waals surface area (Å²) in [7, 11) is 0. The molecular formula is C26H23N5O2. The van der Waals surface area contributed by atoms with E-state index in [0.29, 0.717) is 33.7 Å². The van der Waals surface area contributed by atoms with Crippen molar-refractivity contribution in [2.24, 2.45) is 0 Å². The third-order valence-corrected chi connectivity index (χ3v) is 5.74. The van der Waals surface area contributed by atoms with Gasteiger partial charge in [0.25, 0.3) is 11.6 Å². The van der Waals surface area contributed by atoms with Crippen molar-refractivity contribution in [3.63, 3.8) is 0 Å². The number of aromatic nitrogens is 4. The van der Waals surface area contributed by atoms with E-state index in [1.54, 1.807) is 13.0 Å². The molecule has 0 aliphatic heterocycles. The van der Waals surface area contributed by atoms with Crippen LogP contribution in [0, 0.1) is 27.7 Å². The van der Waals surface area contributed by atoms with Gasteiger partial charge >= 0.3 is 0 Å². The Kier molecular flexibility index (Phi) is 5.01. The van der Waals surface area contributed by atoms with Gasteiger partial charge in [0.2, 0.25) is 0 Å². The smallest absolute Gasteiger partial charge is 0.259 e. The van der Waals surface area contributed by atoms with E-state index in [2.05, 4.69) is 20.6 Å². The van der Waals surface area contributed by atoms with E-state index in [1.165, 1.54) is 0 Å². The van der Waals surface area contributed by atoms with Crippen molar-refractivity contribution in [1.29, 1.82) is 0 Å². The molecule has 5 rings (SSSR count). The maximum absolute atomic E-state index is 13.5. The lowest BCUT2D eigenvalue weighted by Crippen LogP contribution is -2.14. The second-order valence-corrected chi connectivity index (χ2v) is 8.12. The average Bonchev–Trinajstić information content (AvgIpc) is 3.34. The highest BCUT2D eigenvalue weighted by Gasteiger charge is 2.22. The monoisotopic (exact) mass is 437 g/mol. The molecule has 0 aliphatic rings. The van der Waals surface area contributed by atoms with Crippen molar-refractivity contribution in [3.05, 3.63) is 88.9 Å². The molecular weight excluding hydrogens is 414 g/mol. The first-order valence-corrected chi connectivity index (χ1v) is 10.7. The molecule has 0 unspecified atom stereocenters. The number of aryl methyl sites for hydroxylation is 3. The van der Waals surface area contributed by atoms with Crippen LogP contribution in [-0.4, -0.2) is 25.8 Å². The molecule has 3 aromatic heterocycles. The number of para-hydroxylation sites is 1. The number of nitrogens with zero attached hydrogens (tertiary/aromatic N) is 4. The molecule has 0 aliphatic carbocycles. The summed E-state index contributed by atoms with van der Waals surface area (Å²) >= 11 is 0. The number of amides is 1.